The van der Waals surface area contributed by atoms with E-state index >= 15 is 0 Å². The average molecular weight is 319 g/mol. The maximum atomic E-state index is 12.7. The molecule has 2 N–H and O–H groups in total. The Labute approximate surface area is 132 Å². The second kappa shape index (κ2) is 6.89. The molecule has 116 valence electrons. The lowest BCUT2D eigenvalue weighted by Crippen LogP contribution is -2.51. The number of carbonyl (C=O) groups is 1. The smallest absolute Gasteiger partial charge is 0.225 e. The molecule has 3 aliphatic rings. The lowest BCUT2D eigenvalue weighted by atomic mass is 9.65. The Hall–Kier alpha value is 0.0700. The lowest BCUT2D eigenvalue weighted by Gasteiger charge is -2.45. The quantitative estimate of drug-likeness (QED) is 0.808. The third kappa shape index (κ3) is 3.28. The molecule has 3 rings (SSSR count). The van der Waals surface area contributed by atoms with Crippen molar-refractivity contribution in [2.24, 2.45) is 23.5 Å². The number of hydrogen-bond donors (Lipinski definition) is 1. The van der Waals surface area contributed by atoms with Gasteiger partial charge < -0.3 is 10.6 Å². The minimum absolute atomic E-state index is 0. The molecule has 0 aromatic carbocycles. The molecule has 0 aromatic heterocycles. The second-order valence-corrected chi connectivity index (χ2v) is 8.21. The van der Waals surface area contributed by atoms with Crippen molar-refractivity contribution in [1.82, 2.24) is 4.90 Å². The van der Waals surface area contributed by atoms with Crippen LogP contribution in [0.4, 0.5) is 0 Å². The first-order chi connectivity index (χ1) is 9.15. The number of hydrogen-bond acceptors (Lipinski definition) is 3. The summed E-state index contributed by atoms with van der Waals surface area (Å²) in [5.74, 6) is 3.02. The third-order valence-corrected chi connectivity index (χ3v) is 6.45. The third-order valence-electron chi connectivity index (χ3n) is 5.32. The highest BCUT2D eigenvalue weighted by Crippen LogP contribution is 2.42. The van der Waals surface area contributed by atoms with Gasteiger partial charge in [0.25, 0.3) is 0 Å². The number of thioether (sulfide) groups is 1. The highest BCUT2D eigenvalue weighted by Gasteiger charge is 2.41. The van der Waals surface area contributed by atoms with Crippen molar-refractivity contribution in [3.05, 3.63) is 0 Å². The molecule has 1 saturated heterocycles. The molecular weight excluding hydrogens is 292 g/mol. The van der Waals surface area contributed by atoms with Crippen molar-refractivity contribution >= 4 is 30.1 Å². The first-order valence-corrected chi connectivity index (χ1v) is 8.86. The van der Waals surface area contributed by atoms with Gasteiger partial charge in [0.05, 0.1) is 0 Å². The van der Waals surface area contributed by atoms with Gasteiger partial charge in [-0.25, -0.2) is 0 Å². The predicted molar refractivity (Wildman–Crippen MR) is 87.3 cm³/mol. The van der Waals surface area contributed by atoms with Crippen LogP contribution >= 0.6 is 24.2 Å². The van der Waals surface area contributed by atoms with Crippen LogP contribution in [-0.4, -0.2) is 40.9 Å². The Morgan fingerprint density at radius 3 is 2.50 bits per heavy atom. The highest BCUT2D eigenvalue weighted by atomic mass is 35.5. The van der Waals surface area contributed by atoms with Crippen LogP contribution < -0.4 is 5.73 Å². The van der Waals surface area contributed by atoms with Gasteiger partial charge in [-0.2, -0.15) is 11.8 Å². The Bertz CT molecular complexity index is 341. The Morgan fingerprint density at radius 1 is 1.25 bits per heavy atom. The molecule has 2 bridgehead atoms. The number of fused-ring (bicyclic) bond motifs is 2. The second-order valence-electron chi connectivity index (χ2n) is 6.66. The van der Waals surface area contributed by atoms with E-state index < -0.39 is 0 Å². The number of nitrogens with zero attached hydrogens (tertiary/aromatic N) is 1. The van der Waals surface area contributed by atoms with Crippen molar-refractivity contribution < 1.29 is 4.79 Å². The topological polar surface area (TPSA) is 46.3 Å². The Morgan fingerprint density at radius 2 is 1.90 bits per heavy atom. The predicted octanol–water partition coefficient (Wildman–Crippen LogP) is 2.53. The van der Waals surface area contributed by atoms with Crippen LogP contribution in [0.2, 0.25) is 0 Å². The van der Waals surface area contributed by atoms with Gasteiger partial charge in [-0.1, -0.05) is 13.3 Å². The van der Waals surface area contributed by atoms with Gasteiger partial charge >= 0.3 is 0 Å². The maximum Gasteiger partial charge on any atom is 0.225 e. The molecule has 0 aromatic rings. The molecule has 5 heteroatoms. The monoisotopic (exact) mass is 318 g/mol. The van der Waals surface area contributed by atoms with E-state index in [2.05, 4.69) is 11.8 Å². The van der Waals surface area contributed by atoms with Crippen molar-refractivity contribution in [3.8, 4) is 0 Å². The lowest BCUT2D eigenvalue weighted by molar-refractivity contribution is -0.138. The van der Waals surface area contributed by atoms with Crippen LogP contribution in [0.25, 0.3) is 0 Å². The number of rotatable bonds is 1. The molecule has 3 fully saturated rings. The van der Waals surface area contributed by atoms with Gasteiger partial charge in [-0.3, -0.25) is 4.79 Å². The van der Waals surface area contributed by atoms with E-state index in [0.29, 0.717) is 29.0 Å². The summed E-state index contributed by atoms with van der Waals surface area (Å²) in [5.41, 5.74) is 6.32. The summed E-state index contributed by atoms with van der Waals surface area (Å²) in [7, 11) is 0. The molecule has 1 aliphatic heterocycles. The van der Waals surface area contributed by atoms with Gasteiger partial charge in [0.1, 0.15) is 0 Å². The molecule has 3 atom stereocenters. The van der Waals surface area contributed by atoms with E-state index in [-0.39, 0.29) is 18.3 Å². The summed E-state index contributed by atoms with van der Waals surface area (Å²) in [6.07, 6.45) is 5.91. The molecule has 2 aliphatic carbocycles. The summed E-state index contributed by atoms with van der Waals surface area (Å²) in [5, 5.41) is 0.600. The van der Waals surface area contributed by atoms with Crippen LogP contribution in [0.15, 0.2) is 0 Å². The fourth-order valence-electron chi connectivity index (χ4n) is 4.27. The summed E-state index contributed by atoms with van der Waals surface area (Å²) >= 11 is 1.99. The van der Waals surface area contributed by atoms with Gasteiger partial charge in [-0.15, -0.1) is 12.4 Å². The zero-order valence-electron chi connectivity index (χ0n) is 12.3. The highest BCUT2D eigenvalue weighted by molar-refractivity contribution is 7.99. The fourth-order valence-corrected chi connectivity index (χ4v) is 5.28. The Balaban J connectivity index is 0.00000147. The first kappa shape index (κ1) is 16.4. The van der Waals surface area contributed by atoms with E-state index in [1.807, 2.05) is 11.8 Å². The van der Waals surface area contributed by atoms with E-state index in [1.54, 1.807) is 0 Å². The zero-order chi connectivity index (χ0) is 13.4. The summed E-state index contributed by atoms with van der Waals surface area (Å²) in [6, 6.07) is 0.369. The SMILES string of the molecule is CC1CN(C(=O)C2CC3CCCC(C2)C3N)CCS1.Cl. The van der Waals surface area contributed by atoms with Crippen LogP contribution in [0.1, 0.15) is 39.0 Å². The van der Waals surface area contributed by atoms with Gasteiger partial charge in [0, 0.05) is 36.1 Å². The molecule has 2 saturated carbocycles. The van der Waals surface area contributed by atoms with Crippen LogP contribution in [0.3, 0.4) is 0 Å². The van der Waals surface area contributed by atoms with Crippen molar-refractivity contribution in [1.29, 1.82) is 0 Å². The molecular formula is C15H27ClN2OS. The molecule has 1 heterocycles. The van der Waals surface area contributed by atoms with Crippen LogP contribution in [-0.2, 0) is 4.79 Å². The summed E-state index contributed by atoms with van der Waals surface area (Å²) in [4.78, 5) is 14.8. The Kier molecular flexibility index (Phi) is 5.66. The first-order valence-electron chi connectivity index (χ1n) is 7.81. The van der Waals surface area contributed by atoms with Gasteiger partial charge in [0.15, 0.2) is 0 Å². The summed E-state index contributed by atoms with van der Waals surface area (Å²) < 4.78 is 0. The average Bonchev–Trinajstić information content (AvgIpc) is 2.37. The van der Waals surface area contributed by atoms with Crippen molar-refractivity contribution in [2.75, 3.05) is 18.8 Å². The van der Waals surface area contributed by atoms with E-state index in [0.717, 1.165) is 31.7 Å². The molecule has 0 radical (unpaired) electrons. The minimum atomic E-state index is 0. The van der Waals surface area contributed by atoms with Gasteiger partial charge in [0.2, 0.25) is 5.91 Å². The molecule has 0 spiro atoms. The van der Waals surface area contributed by atoms with Crippen LogP contribution in [0.5, 0.6) is 0 Å². The molecule has 3 unspecified atom stereocenters. The molecule has 20 heavy (non-hydrogen) atoms. The van der Waals surface area contributed by atoms with Gasteiger partial charge in [-0.05, 0) is 37.5 Å². The number of amides is 1. The van der Waals surface area contributed by atoms with Crippen molar-refractivity contribution in [3.63, 3.8) is 0 Å². The number of nitrogens with two attached hydrogens (primary N) is 1. The molecule has 1 amide bonds. The fraction of sp³-hybridized carbons (Fsp3) is 0.933. The van der Waals surface area contributed by atoms with E-state index in [4.69, 9.17) is 5.73 Å². The summed E-state index contributed by atoms with van der Waals surface area (Å²) in [6.45, 7) is 4.13. The standard InChI is InChI=1S/C15H26N2OS.ClH/c1-10-9-17(5-6-19-10)15(18)13-7-11-3-2-4-12(8-13)14(11)16;/h10-14H,2-9,16H2,1H3;1H. The van der Waals surface area contributed by atoms with Crippen molar-refractivity contribution in [2.45, 2.75) is 50.3 Å². The minimum Gasteiger partial charge on any atom is -0.341 e. The van der Waals surface area contributed by atoms with E-state index in [9.17, 15) is 4.79 Å². The van der Waals surface area contributed by atoms with Crippen LogP contribution in [0, 0.1) is 17.8 Å². The molecule has 3 nitrogen and oxygen atoms in total. The zero-order valence-corrected chi connectivity index (χ0v) is 13.9. The number of carbonyl (C=O) groups excluding carboxylic acids is 1. The number of halogens is 1. The van der Waals surface area contributed by atoms with E-state index in [1.165, 1.54) is 19.3 Å². The maximum absolute atomic E-state index is 12.7. The normalized spacial score (nSPS) is 40.9. The largest absolute Gasteiger partial charge is 0.341 e.